The monoisotopic (exact) mass is 261 g/mol. The molecular weight excluding hydrogens is 234 g/mol. The van der Waals surface area contributed by atoms with Crippen LogP contribution in [-0.2, 0) is 6.54 Å². The van der Waals surface area contributed by atoms with Crippen LogP contribution in [0.25, 0.3) is 0 Å². The second-order valence-corrected chi connectivity index (χ2v) is 12.0. The molecule has 1 aliphatic rings. The number of nitrogens with one attached hydrogen (secondary N) is 1. The van der Waals surface area contributed by atoms with Gasteiger partial charge in [0.2, 0.25) is 0 Å². The summed E-state index contributed by atoms with van der Waals surface area (Å²) in [5.41, 5.74) is 2.07. The van der Waals surface area contributed by atoms with Crippen molar-refractivity contribution in [2.24, 2.45) is 5.41 Å². The van der Waals surface area contributed by atoms with Gasteiger partial charge in [0.25, 0.3) is 0 Å². The summed E-state index contributed by atoms with van der Waals surface area (Å²) < 4.78 is 0. The zero-order valence-electron chi connectivity index (χ0n) is 12.3. The second kappa shape index (κ2) is 5.18. The van der Waals surface area contributed by atoms with Crippen LogP contribution in [0, 0.1) is 5.41 Å². The number of hydrogen-bond donors (Lipinski definition) is 1. The quantitative estimate of drug-likeness (QED) is 0.773. The fraction of sp³-hybridized carbons (Fsp3) is 0.625. The van der Waals surface area contributed by atoms with Crippen LogP contribution in [0.5, 0.6) is 0 Å². The van der Waals surface area contributed by atoms with Crippen molar-refractivity contribution >= 4 is 13.3 Å². The van der Waals surface area contributed by atoms with Crippen LogP contribution in [0.2, 0.25) is 19.6 Å². The molecule has 0 spiro atoms. The van der Waals surface area contributed by atoms with Gasteiger partial charge in [0, 0.05) is 13.1 Å². The molecule has 2 rings (SSSR count). The number of hydrogen-bond acceptors (Lipinski definition) is 1. The van der Waals surface area contributed by atoms with E-state index in [1.165, 1.54) is 31.4 Å². The van der Waals surface area contributed by atoms with Gasteiger partial charge in [-0.25, -0.2) is 0 Å². The van der Waals surface area contributed by atoms with Gasteiger partial charge in [0.05, 0.1) is 8.07 Å². The van der Waals surface area contributed by atoms with Crippen LogP contribution in [0.15, 0.2) is 24.3 Å². The van der Waals surface area contributed by atoms with Crippen molar-refractivity contribution in [1.82, 2.24) is 5.32 Å². The summed E-state index contributed by atoms with van der Waals surface area (Å²) in [6.45, 7) is 11.7. The van der Waals surface area contributed by atoms with E-state index in [1.807, 2.05) is 0 Å². The molecule has 0 amide bonds. The zero-order chi connectivity index (χ0) is 13.2. The van der Waals surface area contributed by atoms with Crippen LogP contribution >= 0.6 is 0 Å². The lowest BCUT2D eigenvalue weighted by Crippen LogP contribution is -2.37. The Hall–Kier alpha value is -0.603. The number of benzene rings is 1. The summed E-state index contributed by atoms with van der Waals surface area (Å²) in [6.07, 6.45) is 4.17. The summed E-state index contributed by atoms with van der Waals surface area (Å²) in [6, 6.07) is 9.25. The van der Waals surface area contributed by atoms with Gasteiger partial charge in [-0.2, -0.15) is 0 Å². The molecule has 1 fully saturated rings. The Labute approximate surface area is 113 Å². The van der Waals surface area contributed by atoms with Crippen LogP contribution in [0.3, 0.4) is 0 Å². The van der Waals surface area contributed by atoms with Gasteiger partial charge < -0.3 is 5.32 Å². The first-order valence-corrected chi connectivity index (χ1v) is 10.8. The fourth-order valence-corrected chi connectivity index (χ4v) is 3.59. The second-order valence-electron chi connectivity index (χ2n) is 6.90. The lowest BCUT2D eigenvalue weighted by Gasteiger charge is -2.17. The molecule has 1 aliphatic carbocycles. The molecular formula is C16H27NSi. The van der Waals surface area contributed by atoms with Crippen molar-refractivity contribution in [3.63, 3.8) is 0 Å². The van der Waals surface area contributed by atoms with Crippen molar-refractivity contribution in [3.8, 4) is 0 Å². The molecule has 1 aromatic carbocycles. The third-order valence-corrected chi connectivity index (χ3v) is 6.42. The molecule has 0 atom stereocenters. The summed E-state index contributed by atoms with van der Waals surface area (Å²) in [5.74, 6) is 0. The lowest BCUT2D eigenvalue weighted by molar-refractivity contribution is 0.443. The molecule has 0 radical (unpaired) electrons. The molecule has 0 aliphatic heterocycles. The summed E-state index contributed by atoms with van der Waals surface area (Å²) in [4.78, 5) is 0. The van der Waals surface area contributed by atoms with E-state index < -0.39 is 8.07 Å². The van der Waals surface area contributed by atoms with E-state index in [1.54, 1.807) is 5.19 Å². The normalized spacial score (nSPS) is 17.8. The highest BCUT2D eigenvalue weighted by atomic mass is 28.3. The molecule has 0 aromatic heterocycles. The van der Waals surface area contributed by atoms with Crippen molar-refractivity contribution in [2.75, 3.05) is 6.54 Å². The van der Waals surface area contributed by atoms with Gasteiger partial charge in [0.15, 0.2) is 0 Å². The van der Waals surface area contributed by atoms with Crippen LogP contribution in [0.1, 0.15) is 31.7 Å². The fourth-order valence-electron chi connectivity index (χ4n) is 2.43. The van der Waals surface area contributed by atoms with Crippen molar-refractivity contribution in [3.05, 3.63) is 29.8 Å². The molecule has 100 valence electrons. The summed E-state index contributed by atoms with van der Waals surface area (Å²) in [5, 5.41) is 5.18. The predicted molar refractivity (Wildman–Crippen MR) is 83.1 cm³/mol. The highest BCUT2D eigenvalue weighted by Gasteiger charge is 2.39. The highest BCUT2D eigenvalue weighted by Crippen LogP contribution is 2.47. The minimum Gasteiger partial charge on any atom is -0.312 e. The van der Waals surface area contributed by atoms with E-state index >= 15 is 0 Å². The summed E-state index contributed by atoms with van der Waals surface area (Å²) in [7, 11) is -1.13. The summed E-state index contributed by atoms with van der Waals surface area (Å²) >= 11 is 0. The Balaban J connectivity index is 1.83. The van der Waals surface area contributed by atoms with Crippen LogP contribution in [-0.4, -0.2) is 14.6 Å². The molecule has 1 nitrogen and oxygen atoms in total. The van der Waals surface area contributed by atoms with E-state index in [4.69, 9.17) is 0 Å². The van der Waals surface area contributed by atoms with Crippen molar-refractivity contribution < 1.29 is 0 Å². The van der Waals surface area contributed by atoms with Crippen molar-refractivity contribution in [1.29, 1.82) is 0 Å². The van der Waals surface area contributed by atoms with Crippen LogP contribution < -0.4 is 10.5 Å². The zero-order valence-corrected chi connectivity index (χ0v) is 13.3. The third-order valence-electron chi connectivity index (χ3n) is 4.36. The molecule has 0 bridgehead atoms. The Bertz CT molecular complexity index is 385. The molecule has 1 aromatic rings. The first kappa shape index (κ1) is 13.8. The Kier molecular flexibility index (Phi) is 3.98. The van der Waals surface area contributed by atoms with Gasteiger partial charge in [-0.15, -0.1) is 0 Å². The maximum absolute atomic E-state index is 3.62. The minimum absolute atomic E-state index is 0.651. The molecule has 0 saturated heterocycles. The van der Waals surface area contributed by atoms with Crippen molar-refractivity contribution in [2.45, 2.75) is 52.4 Å². The first-order chi connectivity index (χ1) is 8.45. The Morgan fingerprint density at radius 3 is 2.17 bits per heavy atom. The van der Waals surface area contributed by atoms with E-state index in [0.29, 0.717) is 5.41 Å². The Morgan fingerprint density at radius 1 is 1.11 bits per heavy atom. The predicted octanol–water partition coefficient (Wildman–Crippen LogP) is 3.51. The van der Waals surface area contributed by atoms with Crippen LogP contribution in [0.4, 0.5) is 0 Å². The molecule has 18 heavy (non-hydrogen) atoms. The van der Waals surface area contributed by atoms with E-state index in [-0.39, 0.29) is 0 Å². The van der Waals surface area contributed by atoms with Gasteiger partial charge in [-0.1, -0.05) is 56.0 Å². The standard InChI is InChI=1S/C16H27NSi/c1-5-16(10-11-16)13-17-12-14-6-8-15(9-7-14)18(2,3)4/h6-9,17H,5,10-13H2,1-4H3. The molecule has 0 heterocycles. The number of rotatable bonds is 6. The molecule has 0 unspecified atom stereocenters. The largest absolute Gasteiger partial charge is 0.312 e. The highest BCUT2D eigenvalue weighted by molar-refractivity contribution is 6.88. The molecule has 2 heteroatoms. The van der Waals surface area contributed by atoms with Gasteiger partial charge in [0.1, 0.15) is 0 Å². The SMILES string of the molecule is CCC1(CNCc2ccc([Si](C)(C)C)cc2)CC1. The molecule has 1 N–H and O–H groups in total. The minimum atomic E-state index is -1.13. The van der Waals surface area contributed by atoms with Gasteiger partial charge in [-0.05, 0) is 30.2 Å². The topological polar surface area (TPSA) is 12.0 Å². The van der Waals surface area contributed by atoms with Gasteiger partial charge in [-0.3, -0.25) is 0 Å². The average molecular weight is 261 g/mol. The molecule has 1 saturated carbocycles. The Morgan fingerprint density at radius 2 is 1.72 bits per heavy atom. The van der Waals surface area contributed by atoms with E-state index in [0.717, 1.165) is 6.54 Å². The van der Waals surface area contributed by atoms with Gasteiger partial charge >= 0.3 is 0 Å². The third kappa shape index (κ3) is 3.45. The van der Waals surface area contributed by atoms with E-state index in [9.17, 15) is 0 Å². The lowest BCUT2D eigenvalue weighted by atomic mass is 10.0. The maximum Gasteiger partial charge on any atom is 0.0775 e. The smallest absolute Gasteiger partial charge is 0.0775 e. The maximum atomic E-state index is 3.62. The first-order valence-electron chi connectivity index (χ1n) is 7.25. The average Bonchev–Trinajstić information content (AvgIpc) is 3.09. The van der Waals surface area contributed by atoms with E-state index in [2.05, 4.69) is 56.1 Å².